The number of amides is 1. The van der Waals surface area contributed by atoms with Crippen molar-refractivity contribution in [3.8, 4) is 5.75 Å². The first-order valence-corrected chi connectivity index (χ1v) is 5.91. The molecule has 0 bridgehead atoms. The Labute approximate surface area is 111 Å². The van der Waals surface area contributed by atoms with Gasteiger partial charge >= 0.3 is 0 Å². The van der Waals surface area contributed by atoms with Crippen LogP contribution in [0.15, 0.2) is 28.9 Å². The lowest BCUT2D eigenvalue weighted by Crippen LogP contribution is -2.22. The van der Waals surface area contributed by atoms with Gasteiger partial charge in [-0.3, -0.25) is 9.89 Å². The predicted molar refractivity (Wildman–Crippen MR) is 70.0 cm³/mol. The molecule has 6 nitrogen and oxygen atoms in total. The maximum Gasteiger partial charge on any atom is 0.251 e. The summed E-state index contributed by atoms with van der Waals surface area (Å²) in [5, 5.41) is 18.5. The highest BCUT2D eigenvalue weighted by Gasteiger charge is 2.09. The lowest BCUT2D eigenvalue weighted by Gasteiger charge is -2.05. The topological polar surface area (TPSA) is 104 Å². The Morgan fingerprint density at radius 2 is 2.33 bits per heavy atom. The summed E-state index contributed by atoms with van der Waals surface area (Å²) in [6.07, 6.45) is 1.55. The molecule has 5 N–H and O–H groups in total. The van der Waals surface area contributed by atoms with Crippen LogP contribution in [0, 0.1) is 0 Å². The number of anilines is 1. The SMILES string of the molecule is Nc1[nH]ncc1CNC(=O)c1ccc(Br)c(O)c1. The van der Waals surface area contributed by atoms with E-state index >= 15 is 0 Å². The number of H-pyrrole nitrogens is 1. The van der Waals surface area contributed by atoms with E-state index in [1.165, 1.54) is 6.07 Å². The number of phenolic OH excluding ortho intramolecular Hbond substituents is 1. The Bertz CT molecular complexity index is 582. The fraction of sp³-hybridized carbons (Fsp3) is 0.0909. The van der Waals surface area contributed by atoms with E-state index in [1.807, 2.05) is 0 Å². The second kappa shape index (κ2) is 5.09. The van der Waals surface area contributed by atoms with E-state index in [0.717, 1.165) is 0 Å². The normalized spacial score (nSPS) is 10.3. The maximum absolute atomic E-state index is 11.8. The monoisotopic (exact) mass is 310 g/mol. The van der Waals surface area contributed by atoms with Gasteiger partial charge in [0, 0.05) is 17.7 Å². The summed E-state index contributed by atoms with van der Waals surface area (Å²) in [5.41, 5.74) is 6.68. The van der Waals surface area contributed by atoms with Crippen molar-refractivity contribution in [1.29, 1.82) is 0 Å². The Morgan fingerprint density at radius 1 is 1.56 bits per heavy atom. The van der Waals surface area contributed by atoms with Crippen LogP contribution in [0.5, 0.6) is 5.75 Å². The van der Waals surface area contributed by atoms with Gasteiger partial charge in [0.05, 0.1) is 10.7 Å². The lowest BCUT2D eigenvalue weighted by atomic mass is 10.2. The number of halogens is 1. The molecular formula is C11H11BrN4O2. The smallest absolute Gasteiger partial charge is 0.251 e. The molecule has 2 aromatic rings. The van der Waals surface area contributed by atoms with Crippen LogP contribution >= 0.6 is 15.9 Å². The number of carbonyl (C=O) groups excluding carboxylic acids is 1. The summed E-state index contributed by atoms with van der Waals surface area (Å²) in [6, 6.07) is 4.60. The number of nitrogens with one attached hydrogen (secondary N) is 2. The van der Waals surface area contributed by atoms with E-state index in [9.17, 15) is 9.90 Å². The van der Waals surface area contributed by atoms with Crippen LogP contribution in [0.1, 0.15) is 15.9 Å². The minimum absolute atomic E-state index is 0.0190. The summed E-state index contributed by atoms with van der Waals surface area (Å²) in [4.78, 5) is 11.8. The summed E-state index contributed by atoms with van der Waals surface area (Å²) >= 11 is 3.15. The Hall–Kier alpha value is -2.02. The number of carbonyl (C=O) groups is 1. The van der Waals surface area contributed by atoms with Gasteiger partial charge in [-0.1, -0.05) is 0 Å². The fourth-order valence-electron chi connectivity index (χ4n) is 1.39. The van der Waals surface area contributed by atoms with Crippen LogP contribution in [0.4, 0.5) is 5.82 Å². The van der Waals surface area contributed by atoms with Crippen molar-refractivity contribution in [3.63, 3.8) is 0 Å². The summed E-state index contributed by atoms with van der Waals surface area (Å²) in [5.74, 6) is 0.151. The zero-order valence-electron chi connectivity index (χ0n) is 9.27. The van der Waals surface area contributed by atoms with Crippen molar-refractivity contribution in [2.24, 2.45) is 0 Å². The first kappa shape index (κ1) is 12.4. The Balaban J connectivity index is 2.04. The fourth-order valence-corrected chi connectivity index (χ4v) is 1.64. The molecule has 1 heterocycles. The molecule has 7 heteroatoms. The Morgan fingerprint density at radius 3 is 2.94 bits per heavy atom. The summed E-state index contributed by atoms with van der Waals surface area (Å²) in [7, 11) is 0. The van der Waals surface area contributed by atoms with Crippen molar-refractivity contribution < 1.29 is 9.90 Å². The van der Waals surface area contributed by atoms with E-state index in [4.69, 9.17) is 5.73 Å². The van der Waals surface area contributed by atoms with E-state index in [-0.39, 0.29) is 18.2 Å². The molecule has 1 aromatic heterocycles. The second-order valence-corrected chi connectivity index (χ2v) is 4.51. The molecule has 1 amide bonds. The number of aromatic amines is 1. The molecule has 0 radical (unpaired) electrons. The molecule has 0 spiro atoms. The van der Waals surface area contributed by atoms with Gasteiger partial charge in [0.15, 0.2) is 0 Å². The van der Waals surface area contributed by atoms with Gasteiger partial charge in [-0.15, -0.1) is 0 Å². The van der Waals surface area contributed by atoms with Crippen LogP contribution in [0.2, 0.25) is 0 Å². The van der Waals surface area contributed by atoms with Crippen molar-refractivity contribution in [2.45, 2.75) is 6.54 Å². The largest absolute Gasteiger partial charge is 0.507 e. The van der Waals surface area contributed by atoms with Crippen LogP contribution in [0.3, 0.4) is 0 Å². The van der Waals surface area contributed by atoms with Crippen LogP contribution in [-0.4, -0.2) is 21.2 Å². The highest BCUT2D eigenvalue weighted by Crippen LogP contribution is 2.24. The quantitative estimate of drug-likeness (QED) is 0.687. The van der Waals surface area contributed by atoms with Gasteiger partial charge in [0.25, 0.3) is 5.91 Å². The number of phenols is 1. The highest BCUT2D eigenvalue weighted by atomic mass is 79.9. The average molecular weight is 311 g/mol. The molecular weight excluding hydrogens is 300 g/mol. The molecule has 0 atom stereocenters. The second-order valence-electron chi connectivity index (χ2n) is 3.66. The highest BCUT2D eigenvalue weighted by molar-refractivity contribution is 9.10. The Kier molecular flexibility index (Phi) is 3.52. The van der Waals surface area contributed by atoms with Crippen LogP contribution < -0.4 is 11.1 Å². The number of aromatic nitrogens is 2. The molecule has 94 valence electrons. The van der Waals surface area contributed by atoms with Gasteiger partial charge in [-0.05, 0) is 34.1 Å². The average Bonchev–Trinajstić information content (AvgIpc) is 2.75. The third-order valence-electron chi connectivity index (χ3n) is 2.40. The van der Waals surface area contributed by atoms with Gasteiger partial charge in [0.2, 0.25) is 0 Å². The zero-order chi connectivity index (χ0) is 13.1. The number of rotatable bonds is 3. The van der Waals surface area contributed by atoms with Crippen LogP contribution in [0.25, 0.3) is 0 Å². The number of nitrogens with zero attached hydrogens (tertiary/aromatic N) is 1. The standard InChI is InChI=1S/C11H11BrN4O2/c12-8-2-1-6(3-9(8)17)11(18)14-4-7-5-15-16-10(7)13/h1-3,5,17H,4H2,(H,14,18)(H3,13,15,16). The number of aromatic hydroxyl groups is 1. The summed E-state index contributed by atoms with van der Waals surface area (Å²) < 4.78 is 0.540. The van der Waals surface area contributed by atoms with Gasteiger partial charge in [0.1, 0.15) is 11.6 Å². The molecule has 0 fully saturated rings. The maximum atomic E-state index is 11.8. The molecule has 1 aromatic carbocycles. The third kappa shape index (κ3) is 2.62. The lowest BCUT2D eigenvalue weighted by molar-refractivity contribution is 0.0950. The summed E-state index contributed by atoms with van der Waals surface area (Å²) in [6.45, 7) is 0.276. The zero-order valence-corrected chi connectivity index (χ0v) is 10.9. The van der Waals surface area contributed by atoms with Crippen molar-refractivity contribution in [3.05, 3.63) is 40.0 Å². The van der Waals surface area contributed by atoms with E-state index in [0.29, 0.717) is 21.4 Å². The minimum atomic E-state index is -0.293. The molecule has 0 aliphatic heterocycles. The third-order valence-corrected chi connectivity index (χ3v) is 3.07. The van der Waals surface area contributed by atoms with Crippen molar-refractivity contribution in [1.82, 2.24) is 15.5 Å². The molecule has 0 aliphatic carbocycles. The number of nitrogen functional groups attached to an aromatic ring is 1. The molecule has 2 rings (SSSR count). The van der Waals surface area contributed by atoms with E-state index in [2.05, 4.69) is 31.4 Å². The predicted octanol–water partition coefficient (Wildman–Crippen LogP) is 1.39. The molecule has 0 saturated heterocycles. The van der Waals surface area contributed by atoms with Gasteiger partial charge < -0.3 is 16.2 Å². The number of benzene rings is 1. The van der Waals surface area contributed by atoms with Crippen LogP contribution in [-0.2, 0) is 6.54 Å². The number of hydrogen-bond donors (Lipinski definition) is 4. The minimum Gasteiger partial charge on any atom is -0.507 e. The van der Waals surface area contributed by atoms with E-state index < -0.39 is 0 Å². The van der Waals surface area contributed by atoms with E-state index in [1.54, 1.807) is 18.3 Å². The van der Waals surface area contributed by atoms with Gasteiger partial charge in [-0.2, -0.15) is 5.10 Å². The van der Waals surface area contributed by atoms with Crippen molar-refractivity contribution >= 4 is 27.7 Å². The molecule has 18 heavy (non-hydrogen) atoms. The number of nitrogens with two attached hydrogens (primary N) is 1. The first-order chi connectivity index (χ1) is 8.58. The number of hydrogen-bond acceptors (Lipinski definition) is 4. The first-order valence-electron chi connectivity index (χ1n) is 5.12. The van der Waals surface area contributed by atoms with Crippen molar-refractivity contribution in [2.75, 3.05) is 5.73 Å². The van der Waals surface area contributed by atoms with Gasteiger partial charge in [-0.25, -0.2) is 0 Å². The molecule has 0 aliphatic rings. The molecule has 0 unspecified atom stereocenters. The molecule has 0 saturated carbocycles.